The van der Waals surface area contributed by atoms with Gasteiger partial charge >= 0.3 is 0 Å². The Morgan fingerprint density at radius 1 is 1.06 bits per heavy atom. The van der Waals surface area contributed by atoms with Crippen LogP contribution in [0.15, 0.2) is 0 Å². The first-order valence-corrected chi connectivity index (χ1v) is 13.4. The van der Waals surface area contributed by atoms with Crippen molar-refractivity contribution in [1.82, 2.24) is 15.0 Å². The number of fused-ring (bicyclic) bond motifs is 2. The molecule has 0 bridgehead atoms. The third-order valence-corrected chi connectivity index (χ3v) is 9.16. The molecular formula is C23H37N5O2S2+2. The molecule has 2 aromatic rings. The highest BCUT2D eigenvalue weighted by molar-refractivity contribution is 7.11. The number of nitrogens with two attached hydrogens (primary N) is 1. The molecule has 4 heterocycles. The number of hydrogen-bond donors (Lipinski definition) is 1. The van der Waals surface area contributed by atoms with Gasteiger partial charge in [-0.3, -0.25) is 4.79 Å². The van der Waals surface area contributed by atoms with Gasteiger partial charge in [0.2, 0.25) is 12.5 Å². The average molecular weight is 480 g/mol. The molecule has 1 unspecified atom stereocenters. The molecule has 9 heteroatoms. The molecule has 3 aliphatic rings. The van der Waals surface area contributed by atoms with Crippen LogP contribution in [0, 0.1) is 13.8 Å². The zero-order valence-electron chi connectivity index (χ0n) is 19.6. The Bertz CT molecular complexity index is 911. The van der Waals surface area contributed by atoms with E-state index in [2.05, 4.69) is 28.8 Å². The third kappa shape index (κ3) is 5.75. The molecule has 2 aromatic heterocycles. The second-order valence-corrected chi connectivity index (χ2v) is 12.0. The van der Waals surface area contributed by atoms with Gasteiger partial charge in [-0.15, -0.1) is 22.7 Å². The van der Waals surface area contributed by atoms with Gasteiger partial charge in [0.25, 0.3) is 0 Å². The number of nitrogens with zero attached hydrogens (tertiary/aromatic N) is 4. The molecule has 32 heavy (non-hydrogen) atoms. The van der Waals surface area contributed by atoms with Crippen LogP contribution in [0.25, 0.3) is 0 Å². The minimum Gasteiger partial charge on any atom is -0.368 e. The number of carbonyl (C=O) groups is 1. The number of quaternary nitrogens is 1. The summed E-state index contributed by atoms with van der Waals surface area (Å²) >= 11 is 3.67. The van der Waals surface area contributed by atoms with Gasteiger partial charge in [-0.05, 0) is 46.0 Å². The van der Waals surface area contributed by atoms with Crippen molar-refractivity contribution in [2.24, 2.45) is 5.73 Å². The molecular weight excluding hydrogens is 442 g/mol. The first-order valence-electron chi connectivity index (χ1n) is 11.8. The Hall–Kier alpha value is -1.39. The van der Waals surface area contributed by atoms with Crippen molar-refractivity contribution in [2.75, 3.05) is 33.2 Å². The topological polar surface area (TPSA) is 84.9 Å². The Kier molecular flexibility index (Phi) is 7.62. The number of rotatable bonds is 3. The second kappa shape index (κ2) is 10.3. The van der Waals surface area contributed by atoms with Crippen LogP contribution in [-0.4, -0.2) is 69.5 Å². The molecule has 0 radical (unpaired) electrons. The predicted octanol–water partition coefficient (Wildman–Crippen LogP) is 2.68. The molecule has 1 fully saturated rings. The number of aromatic nitrogens is 2. The number of likely N-dealkylation sites (N-methyl/N-ethyl adjacent to an activating group) is 1. The first kappa shape index (κ1) is 23.8. The van der Waals surface area contributed by atoms with Gasteiger partial charge in [0.05, 0.1) is 48.4 Å². The van der Waals surface area contributed by atoms with E-state index in [4.69, 9.17) is 5.73 Å². The van der Waals surface area contributed by atoms with E-state index < -0.39 is 0 Å². The quantitative estimate of drug-likeness (QED) is 0.542. The minimum atomic E-state index is -0.334. The summed E-state index contributed by atoms with van der Waals surface area (Å²) in [4.78, 5) is 27.2. The fraction of sp³-hybridized carbons (Fsp3) is 0.696. The van der Waals surface area contributed by atoms with E-state index in [9.17, 15) is 4.79 Å². The summed E-state index contributed by atoms with van der Waals surface area (Å²) in [5, 5.41) is 4.09. The van der Waals surface area contributed by atoms with E-state index in [1.807, 2.05) is 18.3 Å². The number of carbonyl (C=O) groups excluding carboxylic acids is 1. The molecule has 0 saturated heterocycles. The van der Waals surface area contributed by atoms with Gasteiger partial charge in [0.15, 0.2) is 0 Å². The fourth-order valence-corrected chi connectivity index (χ4v) is 6.87. The van der Waals surface area contributed by atoms with Crippen molar-refractivity contribution >= 4 is 28.6 Å². The highest BCUT2D eigenvalue weighted by atomic mass is 32.1. The Morgan fingerprint density at radius 2 is 1.72 bits per heavy atom. The lowest BCUT2D eigenvalue weighted by molar-refractivity contribution is -0.938. The summed E-state index contributed by atoms with van der Waals surface area (Å²) in [5.41, 5.74) is 7.62. The smallest absolute Gasteiger partial charge is 0.238 e. The molecule has 0 spiro atoms. The third-order valence-electron chi connectivity index (χ3n) is 7.01. The maximum absolute atomic E-state index is 10.8. The lowest BCUT2D eigenvalue weighted by Gasteiger charge is -2.45. The molecule has 7 nitrogen and oxygen atoms in total. The van der Waals surface area contributed by atoms with Crippen molar-refractivity contribution in [1.29, 1.82) is 0 Å². The maximum atomic E-state index is 10.8. The Balaban J connectivity index is 0.000000153. The first-order chi connectivity index (χ1) is 15.3. The number of aryl methyl sites for hydroxylation is 3. The van der Waals surface area contributed by atoms with Crippen LogP contribution in [0.3, 0.4) is 0 Å². The summed E-state index contributed by atoms with van der Waals surface area (Å²) < 4.78 is 1.31. The zero-order chi connectivity index (χ0) is 22.7. The van der Waals surface area contributed by atoms with Crippen molar-refractivity contribution < 1.29 is 14.1 Å². The van der Waals surface area contributed by atoms with Crippen LogP contribution in [0.4, 0.5) is 0 Å². The van der Waals surface area contributed by atoms with E-state index in [-0.39, 0.29) is 12.5 Å². The van der Waals surface area contributed by atoms with Crippen LogP contribution in [-0.2, 0) is 30.7 Å². The Morgan fingerprint density at radius 3 is 2.38 bits per heavy atom. The van der Waals surface area contributed by atoms with Crippen LogP contribution >= 0.6 is 22.7 Å². The van der Waals surface area contributed by atoms with Crippen LogP contribution in [0.2, 0.25) is 0 Å². The molecule has 0 aromatic carbocycles. The predicted molar refractivity (Wildman–Crippen MR) is 130 cm³/mol. The number of hydrogen-bond acceptors (Lipinski definition) is 6. The van der Waals surface area contributed by atoms with Crippen molar-refractivity contribution in [3.05, 3.63) is 31.2 Å². The van der Waals surface area contributed by atoms with Gasteiger partial charge in [0.1, 0.15) is 12.2 Å². The number of thiazole rings is 2. The number of hydroxylamine groups is 2. The number of aliphatic hydroxyl groups is 1. The van der Waals surface area contributed by atoms with Crippen molar-refractivity contribution in [3.63, 3.8) is 0 Å². The van der Waals surface area contributed by atoms with Gasteiger partial charge in [-0.1, -0.05) is 5.06 Å². The van der Waals surface area contributed by atoms with Gasteiger partial charge < -0.3 is 15.1 Å². The fourth-order valence-electron chi connectivity index (χ4n) is 4.91. The normalized spacial score (nSPS) is 24.1. The molecule has 1 atom stereocenters. The van der Waals surface area contributed by atoms with Gasteiger partial charge in [-0.25, -0.2) is 9.97 Å². The standard InChI is InChI=1S/C13H21N2S.C10H15N3O2S/c1-10-14-12-6-8-15(2,11-4-3-5-11)9-7-13(12)16-10;1-7-12-8-6-15-13(5-10(11)14)4-2-3-9(8)16-7/h11H,3-9H2,1-2H3;2-6H2,1H3,(H2,11,14)/q+1;/p+1. The highest BCUT2D eigenvalue weighted by Gasteiger charge is 2.38. The van der Waals surface area contributed by atoms with Gasteiger partial charge in [-0.2, -0.15) is 0 Å². The molecule has 1 saturated carbocycles. The van der Waals surface area contributed by atoms with Crippen molar-refractivity contribution in [2.45, 2.75) is 71.4 Å². The van der Waals surface area contributed by atoms with Gasteiger partial charge in [0, 0.05) is 22.6 Å². The van der Waals surface area contributed by atoms with Crippen LogP contribution in [0.1, 0.15) is 56.8 Å². The van der Waals surface area contributed by atoms with E-state index in [1.165, 1.54) is 65.3 Å². The van der Waals surface area contributed by atoms with E-state index in [0.717, 1.165) is 36.1 Å². The molecule has 2 aliphatic heterocycles. The van der Waals surface area contributed by atoms with Crippen LogP contribution in [0.5, 0.6) is 0 Å². The average Bonchev–Trinajstić information content (AvgIpc) is 3.16. The zero-order valence-corrected chi connectivity index (χ0v) is 21.2. The summed E-state index contributed by atoms with van der Waals surface area (Å²) in [5.74, 6) is -0.334. The Labute approximate surface area is 199 Å². The summed E-state index contributed by atoms with van der Waals surface area (Å²) in [7, 11) is 2.47. The summed E-state index contributed by atoms with van der Waals surface area (Å²) in [6, 6.07) is 0.954. The number of amides is 1. The highest BCUT2D eigenvalue weighted by Crippen LogP contribution is 2.33. The molecule has 3 N–H and O–H groups in total. The van der Waals surface area contributed by atoms with E-state index >= 15 is 0 Å². The van der Waals surface area contributed by atoms with Crippen molar-refractivity contribution in [3.8, 4) is 0 Å². The molecule has 176 valence electrons. The van der Waals surface area contributed by atoms with E-state index in [1.54, 1.807) is 21.3 Å². The summed E-state index contributed by atoms with van der Waals surface area (Å²) in [6.07, 6.45) is 8.84. The SMILES string of the molecule is Cc1nc2c(s1)CCCN(CC(N)=O)[OH+]C2.Cc1nc2c(s1)CC[N+](C)(C1CCC1)CC2. The maximum Gasteiger partial charge on any atom is 0.238 e. The van der Waals surface area contributed by atoms with E-state index in [0.29, 0.717) is 6.61 Å². The summed E-state index contributed by atoms with van der Waals surface area (Å²) in [6.45, 7) is 8.35. The molecule has 1 aliphatic carbocycles. The number of primary amides is 1. The minimum absolute atomic E-state index is 0.207. The molecule has 5 rings (SSSR count). The largest absolute Gasteiger partial charge is 0.368 e. The second-order valence-electron chi connectivity index (χ2n) is 9.47. The molecule has 1 amide bonds. The lowest BCUT2D eigenvalue weighted by Crippen LogP contribution is -2.56. The van der Waals surface area contributed by atoms with Crippen LogP contribution < -0.4 is 5.73 Å². The lowest BCUT2D eigenvalue weighted by atomic mass is 9.89. The monoisotopic (exact) mass is 479 g/mol.